The molecule has 1 aromatic heterocycles. The molecule has 1 heterocycles. The molecule has 0 amide bonds. The van der Waals surface area contributed by atoms with Gasteiger partial charge in [0.15, 0.2) is 0 Å². The van der Waals surface area contributed by atoms with E-state index >= 15 is 0 Å². The zero-order chi connectivity index (χ0) is 11.8. The van der Waals surface area contributed by atoms with Crippen molar-refractivity contribution < 1.29 is 4.74 Å². The Labute approximate surface area is 104 Å². The fraction of sp³-hybridized carbons (Fsp3) is 0.636. The van der Waals surface area contributed by atoms with Gasteiger partial charge in [-0.3, -0.25) is 0 Å². The fourth-order valence-electron chi connectivity index (χ4n) is 1.57. The van der Waals surface area contributed by atoms with E-state index in [2.05, 4.69) is 38.1 Å². The van der Waals surface area contributed by atoms with Gasteiger partial charge in [0, 0.05) is 19.6 Å². The minimum absolute atomic E-state index is 0.175. The predicted octanol–water partition coefficient (Wildman–Crippen LogP) is 2.48. The van der Waals surface area contributed by atoms with Crippen LogP contribution in [0.15, 0.2) is 4.47 Å². The van der Waals surface area contributed by atoms with Gasteiger partial charge in [0.25, 0.3) is 0 Å². The first kappa shape index (κ1) is 11.8. The van der Waals surface area contributed by atoms with Gasteiger partial charge < -0.3 is 10.1 Å². The third-order valence-electron chi connectivity index (χ3n) is 2.98. The summed E-state index contributed by atoms with van der Waals surface area (Å²) in [7, 11) is 3.54. The highest BCUT2D eigenvalue weighted by Crippen LogP contribution is 2.46. The smallest absolute Gasteiger partial charge is 0.144 e. The van der Waals surface area contributed by atoms with Gasteiger partial charge in [0.2, 0.25) is 0 Å². The third-order valence-corrected chi connectivity index (χ3v) is 3.81. The van der Waals surface area contributed by atoms with E-state index in [1.807, 2.05) is 7.05 Å². The number of anilines is 1. The van der Waals surface area contributed by atoms with Crippen LogP contribution in [0.1, 0.15) is 31.3 Å². The number of halogens is 1. The Morgan fingerprint density at radius 2 is 2.12 bits per heavy atom. The molecule has 0 atom stereocenters. The van der Waals surface area contributed by atoms with Crippen LogP contribution in [0.2, 0.25) is 0 Å². The van der Waals surface area contributed by atoms with Crippen molar-refractivity contribution in [1.82, 2.24) is 9.97 Å². The maximum Gasteiger partial charge on any atom is 0.144 e. The quantitative estimate of drug-likeness (QED) is 0.923. The number of nitrogens with one attached hydrogen (secondary N) is 1. The van der Waals surface area contributed by atoms with E-state index in [9.17, 15) is 0 Å². The second-order valence-electron chi connectivity index (χ2n) is 4.40. The van der Waals surface area contributed by atoms with Crippen molar-refractivity contribution >= 4 is 21.7 Å². The Kier molecular flexibility index (Phi) is 3.17. The van der Waals surface area contributed by atoms with Crippen molar-refractivity contribution in [3.8, 4) is 0 Å². The molecule has 0 bridgehead atoms. The van der Waals surface area contributed by atoms with Crippen LogP contribution in [-0.2, 0) is 16.8 Å². The molecule has 0 aromatic carbocycles. The molecule has 0 saturated heterocycles. The van der Waals surface area contributed by atoms with E-state index in [1.165, 1.54) is 12.8 Å². The lowest BCUT2D eigenvalue weighted by Crippen LogP contribution is -2.12. The molecule has 88 valence electrons. The minimum Gasteiger partial charge on any atom is -0.378 e. The molecule has 1 fully saturated rings. The number of ether oxygens (including phenoxy) is 1. The second kappa shape index (κ2) is 4.30. The summed E-state index contributed by atoms with van der Waals surface area (Å²) in [6.45, 7) is 2.70. The summed E-state index contributed by atoms with van der Waals surface area (Å²) >= 11 is 3.50. The zero-order valence-corrected chi connectivity index (χ0v) is 11.4. The molecule has 5 heteroatoms. The molecule has 1 aliphatic rings. The minimum atomic E-state index is 0.175. The normalized spacial score (nSPS) is 17.2. The number of methoxy groups -OCH3 is 1. The van der Waals surface area contributed by atoms with Gasteiger partial charge in [-0.1, -0.05) is 6.92 Å². The third kappa shape index (κ3) is 2.06. The molecule has 0 radical (unpaired) electrons. The van der Waals surface area contributed by atoms with Crippen LogP contribution in [0.25, 0.3) is 0 Å². The topological polar surface area (TPSA) is 47.0 Å². The molecular weight excluding hydrogens is 270 g/mol. The Morgan fingerprint density at radius 1 is 1.44 bits per heavy atom. The average Bonchev–Trinajstić information content (AvgIpc) is 3.01. The van der Waals surface area contributed by atoms with Crippen LogP contribution in [-0.4, -0.2) is 24.1 Å². The monoisotopic (exact) mass is 285 g/mol. The molecule has 4 nitrogen and oxygen atoms in total. The Hall–Kier alpha value is -0.680. The molecule has 0 unspecified atom stereocenters. The van der Waals surface area contributed by atoms with Crippen LogP contribution < -0.4 is 5.32 Å². The number of rotatable bonds is 4. The molecule has 1 saturated carbocycles. The molecule has 1 N–H and O–H groups in total. The van der Waals surface area contributed by atoms with Gasteiger partial charge in [-0.25, -0.2) is 9.97 Å². The van der Waals surface area contributed by atoms with E-state index in [0.717, 1.165) is 21.8 Å². The largest absolute Gasteiger partial charge is 0.378 e. The van der Waals surface area contributed by atoms with Crippen molar-refractivity contribution in [2.24, 2.45) is 0 Å². The first-order valence-electron chi connectivity index (χ1n) is 5.34. The second-order valence-corrected chi connectivity index (χ2v) is 5.19. The Bertz CT molecular complexity index is 404. The van der Waals surface area contributed by atoms with Gasteiger partial charge in [0.1, 0.15) is 11.6 Å². The summed E-state index contributed by atoms with van der Waals surface area (Å²) < 4.78 is 6.04. The summed E-state index contributed by atoms with van der Waals surface area (Å²) in [4.78, 5) is 9.12. The molecule has 2 rings (SSSR count). The van der Waals surface area contributed by atoms with Gasteiger partial charge in [-0.15, -0.1) is 0 Å². The lowest BCUT2D eigenvalue weighted by atomic mass is 10.1. The van der Waals surface area contributed by atoms with E-state index in [4.69, 9.17) is 4.74 Å². The van der Waals surface area contributed by atoms with Gasteiger partial charge in [-0.2, -0.15) is 0 Å². The van der Waals surface area contributed by atoms with E-state index in [0.29, 0.717) is 6.61 Å². The standard InChI is InChI=1S/C11H16BrN3O/c1-11(4-5-11)10-14-7(6-16-3)8(12)9(13-2)15-10/h4-6H2,1-3H3,(H,13,14,15). The molecule has 16 heavy (non-hydrogen) atoms. The van der Waals surface area contributed by atoms with Crippen molar-refractivity contribution in [2.45, 2.75) is 31.8 Å². The number of hydrogen-bond donors (Lipinski definition) is 1. The highest BCUT2D eigenvalue weighted by molar-refractivity contribution is 9.10. The molecule has 0 spiro atoms. The maximum absolute atomic E-state index is 5.15. The molecule has 1 aliphatic carbocycles. The van der Waals surface area contributed by atoms with Gasteiger partial charge in [0.05, 0.1) is 16.8 Å². The maximum atomic E-state index is 5.15. The van der Waals surface area contributed by atoms with Crippen molar-refractivity contribution in [1.29, 1.82) is 0 Å². The van der Waals surface area contributed by atoms with E-state index in [-0.39, 0.29) is 5.41 Å². The van der Waals surface area contributed by atoms with Crippen molar-refractivity contribution in [3.63, 3.8) is 0 Å². The Balaban J connectivity index is 2.44. The number of hydrogen-bond acceptors (Lipinski definition) is 4. The highest BCUT2D eigenvalue weighted by atomic mass is 79.9. The summed E-state index contributed by atoms with van der Waals surface area (Å²) in [5.74, 6) is 1.76. The summed E-state index contributed by atoms with van der Waals surface area (Å²) in [5, 5.41) is 3.08. The van der Waals surface area contributed by atoms with Crippen LogP contribution in [0.4, 0.5) is 5.82 Å². The van der Waals surface area contributed by atoms with Crippen LogP contribution in [0.3, 0.4) is 0 Å². The van der Waals surface area contributed by atoms with E-state index in [1.54, 1.807) is 7.11 Å². The van der Waals surface area contributed by atoms with Gasteiger partial charge >= 0.3 is 0 Å². The van der Waals surface area contributed by atoms with Gasteiger partial charge in [-0.05, 0) is 28.8 Å². The lowest BCUT2D eigenvalue weighted by molar-refractivity contribution is 0.180. The van der Waals surface area contributed by atoms with Crippen molar-refractivity contribution in [3.05, 3.63) is 16.0 Å². The van der Waals surface area contributed by atoms with E-state index < -0.39 is 0 Å². The molecular formula is C11H16BrN3O. The first-order chi connectivity index (χ1) is 7.60. The van der Waals surface area contributed by atoms with Crippen LogP contribution in [0.5, 0.6) is 0 Å². The number of aromatic nitrogens is 2. The fourth-order valence-corrected chi connectivity index (χ4v) is 2.06. The summed E-state index contributed by atoms with van der Waals surface area (Å²) in [6, 6.07) is 0. The van der Waals surface area contributed by atoms with Crippen LogP contribution >= 0.6 is 15.9 Å². The van der Waals surface area contributed by atoms with Crippen molar-refractivity contribution in [2.75, 3.05) is 19.5 Å². The zero-order valence-electron chi connectivity index (χ0n) is 9.80. The first-order valence-corrected chi connectivity index (χ1v) is 6.13. The molecule has 0 aliphatic heterocycles. The predicted molar refractivity (Wildman–Crippen MR) is 66.6 cm³/mol. The van der Waals surface area contributed by atoms with Crippen LogP contribution in [0, 0.1) is 0 Å². The highest BCUT2D eigenvalue weighted by Gasteiger charge is 2.42. The molecule has 1 aromatic rings. The summed E-state index contributed by atoms with van der Waals surface area (Å²) in [5.41, 5.74) is 1.08. The summed E-state index contributed by atoms with van der Waals surface area (Å²) in [6.07, 6.45) is 2.34. The Morgan fingerprint density at radius 3 is 2.62 bits per heavy atom. The number of nitrogens with zero attached hydrogens (tertiary/aromatic N) is 2. The lowest BCUT2D eigenvalue weighted by Gasteiger charge is -2.13. The average molecular weight is 286 g/mol. The SMILES string of the molecule is CNc1nc(C2(C)CC2)nc(COC)c1Br.